The third kappa shape index (κ3) is 4.43. The maximum absolute atomic E-state index is 11.6. The van der Waals surface area contributed by atoms with Crippen LogP contribution in [-0.2, 0) is 4.79 Å². The molecule has 0 spiro atoms. The van der Waals surface area contributed by atoms with Gasteiger partial charge in [0.15, 0.2) is 0 Å². The molecule has 1 unspecified atom stereocenters. The van der Waals surface area contributed by atoms with E-state index in [1.807, 2.05) is 37.4 Å². The molecule has 5 rings (SSSR count). The standard InChI is InChI=1S/C23H25N5O4S/c1-14(16-10-21(29)25-11-16)32-20-9-15(8-19-22(20)33-13-26-19)18-3-2-17(12-24-18)27-4-6-28(7-5-27)23(30)31/h2-3,8-9,12-14,16H,4-7,10-11H2,1H3,(H,25,29)(H,30,31)/t14?,16-/m1/s1. The molecular formula is C23H25N5O4S. The van der Waals surface area contributed by atoms with Crippen molar-refractivity contribution in [3.63, 3.8) is 0 Å². The molecule has 0 aliphatic carbocycles. The first kappa shape index (κ1) is 21.4. The van der Waals surface area contributed by atoms with E-state index in [-0.39, 0.29) is 17.9 Å². The monoisotopic (exact) mass is 467 g/mol. The van der Waals surface area contributed by atoms with Gasteiger partial charge in [-0.3, -0.25) is 9.78 Å². The van der Waals surface area contributed by atoms with Crippen molar-refractivity contribution < 1.29 is 19.4 Å². The van der Waals surface area contributed by atoms with Crippen molar-refractivity contribution in [2.24, 2.45) is 5.92 Å². The average molecular weight is 468 g/mol. The molecule has 3 aromatic rings. The molecule has 2 aromatic heterocycles. The Labute approximate surface area is 195 Å². The molecule has 2 saturated heterocycles. The van der Waals surface area contributed by atoms with Crippen molar-refractivity contribution >= 4 is 39.2 Å². The van der Waals surface area contributed by atoms with Crippen molar-refractivity contribution in [1.82, 2.24) is 20.2 Å². The first-order valence-corrected chi connectivity index (χ1v) is 11.9. The fourth-order valence-corrected chi connectivity index (χ4v) is 5.06. The number of carbonyl (C=O) groups excluding carboxylic acids is 1. The second-order valence-corrected chi connectivity index (χ2v) is 9.28. The Morgan fingerprint density at radius 2 is 2.06 bits per heavy atom. The first-order valence-electron chi connectivity index (χ1n) is 11.0. The molecule has 10 heteroatoms. The number of ether oxygens (including phenoxy) is 1. The lowest BCUT2D eigenvalue weighted by Crippen LogP contribution is -2.48. The normalized spacial score (nSPS) is 19.5. The van der Waals surface area contributed by atoms with Gasteiger partial charge in [-0.2, -0.15) is 0 Å². The molecule has 2 aliphatic rings. The van der Waals surface area contributed by atoms with Gasteiger partial charge in [-0.1, -0.05) is 0 Å². The van der Waals surface area contributed by atoms with Crippen LogP contribution in [0, 0.1) is 5.92 Å². The summed E-state index contributed by atoms with van der Waals surface area (Å²) in [5.74, 6) is 0.969. The second-order valence-electron chi connectivity index (χ2n) is 8.42. The number of carbonyl (C=O) groups is 2. The molecule has 1 aromatic carbocycles. The molecule has 4 heterocycles. The molecule has 2 fully saturated rings. The zero-order chi connectivity index (χ0) is 22.9. The highest BCUT2D eigenvalue weighted by Crippen LogP contribution is 2.36. The van der Waals surface area contributed by atoms with Crippen molar-refractivity contribution in [3.05, 3.63) is 36.0 Å². The molecular weight excluding hydrogens is 442 g/mol. The Morgan fingerprint density at radius 3 is 2.73 bits per heavy atom. The Balaban J connectivity index is 1.35. The van der Waals surface area contributed by atoms with Gasteiger partial charge in [-0.05, 0) is 31.2 Å². The van der Waals surface area contributed by atoms with Crippen molar-refractivity contribution in [1.29, 1.82) is 0 Å². The smallest absolute Gasteiger partial charge is 0.407 e. The van der Waals surface area contributed by atoms with Gasteiger partial charge in [-0.15, -0.1) is 11.3 Å². The molecule has 33 heavy (non-hydrogen) atoms. The van der Waals surface area contributed by atoms with Gasteiger partial charge < -0.3 is 25.0 Å². The molecule has 0 saturated carbocycles. The molecule has 2 N–H and O–H groups in total. The van der Waals surface area contributed by atoms with Crippen molar-refractivity contribution in [3.8, 4) is 17.0 Å². The summed E-state index contributed by atoms with van der Waals surface area (Å²) in [5.41, 5.74) is 5.37. The Bertz CT molecular complexity index is 1170. The van der Waals surface area contributed by atoms with Crippen molar-refractivity contribution in [2.75, 3.05) is 37.6 Å². The number of piperazine rings is 1. The fourth-order valence-electron chi connectivity index (χ4n) is 4.33. The molecule has 2 atom stereocenters. The minimum Gasteiger partial charge on any atom is -0.489 e. The van der Waals surface area contributed by atoms with E-state index in [1.165, 1.54) is 16.2 Å². The van der Waals surface area contributed by atoms with Gasteiger partial charge >= 0.3 is 6.09 Å². The summed E-state index contributed by atoms with van der Waals surface area (Å²) in [4.78, 5) is 35.4. The topological polar surface area (TPSA) is 108 Å². The summed E-state index contributed by atoms with van der Waals surface area (Å²) in [5, 5.41) is 12.0. The minimum absolute atomic E-state index is 0.0702. The summed E-state index contributed by atoms with van der Waals surface area (Å²) in [6, 6.07) is 7.99. The van der Waals surface area contributed by atoms with Crippen LogP contribution in [-0.4, -0.2) is 70.8 Å². The van der Waals surface area contributed by atoms with Crippen LogP contribution < -0.4 is 15.0 Å². The molecule has 2 aliphatic heterocycles. The van der Waals surface area contributed by atoms with Gasteiger partial charge in [0.25, 0.3) is 0 Å². The van der Waals surface area contributed by atoms with E-state index in [4.69, 9.17) is 9.84 Å². The van der Waals surface area contributed by atoms with Gasteiger partial charge in [0, 0.05) is 50.6 Å². The molecule has 2 amide bonds. The van der Waals surface area contributed by atoms with Gasteiger partial charge in [0.1, 0.15) is 11.9 Å². The number of hydrogen-bond acceptors (Lipinski definition) is 7. The Kier molecular flexibility index (Phi) is 5.76. The number of aromatic nitrogens is 2. The zero-order valence-electron chi connectivity index (χ0n) is 18.2. The molecule has 0 radical (unpaired) electrons. The van der Waals surface area contributed by atoms with E-state index < -0.39 is 6.09 Å². The average Bonchev–Trinajstić information content (AvgIpc) is 3.48. The van der Waals surface area contributed by atoms with E-state index in [0.29, 0.717) is 39.1 Å². The number of amides is 2. The van der Waals surface area contributed by atoms with E-state index in [2.05, 4.69) is 20.2 Å². The number of thiazole rings is 1. The minimum atomic E-state index is -0.872. The van der Waals surface area contributed by atoms with Crippen LogP contribution in [0.25, 0.3) is 21.5 Å². The number of hydrogen-bond donors (Lipinski definition) is 2. The molecule has 0 bridgehead atoms. The number of rotatable bonds is 5. The van der Waals surface area contributed by atoms with E-state index in [9.17, 15) is 9.59 Å². The van der Waals surface area contributed by atoms with Crippen LogP contribution in [0.1, 0.15) is 13.3 Å². The number of pyridine rings is 1. The highest BCUT2D eigenvalue weighted by molar-refractivity contribution is 7.17. The predicted molar refractivity (Wildman–Crippen MR) is 126 cm³/mol. The second kappa shape index (κ2) is 8.86. The highest BCUT2D eigenvalue weighted by Gasteiger charge is 2.28. The van der Waals surface area contributed by atoms with Crippen LogP contribution in [0.4, 0.5) is 10.5 Å². The van der Waals surface area contributed by atoms with Crippen molar-refractivity contribution in [2.45, 2.75) is 19.4 Å². The third-order valence-corrected chi connectivity index (χ3v) is 7.20. The molecule has 9 nitrogen and oxygen atoms in total. The van der Waals surface area contributed by atoms with Crippen LogP contribution in [0.5, 0.6) is 5.75 Å². The van der Waals surface area contributed by atoms with Gasteiger partial charge in [0.05, 0.1) is 33.3 Å². The summed E-state index contributed by atoms with van der Waals surface area (Å²) < 4.78 is 7.30. The lowest BCUT2D eigenvalue weighted by atomic mass is 10.0. The number of benzene rings is 1. The molecule has 172 valence electrons. The summed E-state index contributed by atoms with van der Waals surface area (Å²) in [6.07, 6.45) is 1.33. The summed E-state index contributed by atoms with van der Waals surface area (Å²) in [6.45, 7) is 4.90. The summed E-state index contributed by atoms with van der Waals surface area (Å²) in [7, 11) is 0. The lowest BCUT2D eigenvalue weighted by molar-refractivity contribution is -0.119. The van der Waals surface area contributed by atoms with E-state index in [1.54, 1.807) is 5.51 Å². The SMILES string of the molecule is CC(Oc1cc(-c2ccc(N3CCN(C(=O)O)CC3)cn2)cc2ncsc12)[C@H]1CNC(=O)C1. The van der Waals surface area contributed by atoms with Gasteiger partial charge in [-0.25, -0.2) is 9.78 Å². The van der Waals surface area contributed by atoms with Gasteiger partial charge in [0.2, 0.25) is 5.91 Å². The number of carboxylic acid groups (broad SMARTS) is 1. The van der Waals surface area contributed by atoms with Crippen LogP contribution >= 0.6 is 11.3 Å². The quantitative estimate of drug-likeness (QED) is 0.594. The largest absolute Gasteiger partial charge is 0.489 e. The fraction of sp³-hybridized carbons (Fsp3) is 0.391. The summed E-state index contributed by atoms with van der Waals surface area (Å²) >= 11 is 1.53. The predicted octanol–water partition coefficient (Wildman–Crippen LogP) is 3.06. The van der Waals surface area contributed by atoms with E-state index in [0.717, 1.165) is 32.9 Å². The number of anilines is 1. The maximum atomic E-state index is 11.6. The number of nitrogens with zero attached hydrogens (tertiary/aromatic N) is 4. The Morgan fingerprint density at radius 1 is 1.24 bits per heavy atom. The Hall–Kier alpha value is -3.40. The van der Waals surface area contributed by atoms with E-state index >= 15 is 0 Å². The zero-order valence-corrected chi connectivity index (χ0v) is 19.0. The first-order chi connectivity index (χ1) is 16.0. The van der Waals surface area contributed by atoms with Crippen LogP contribution in [0.3, 0.4) is 0 Å². The lowest BCUT2D eigenvalue weighted by Gasteiger charge is -2.34. The number of fused-ring (bicyclic) bond motifs is 1. The maximum Gasteiger partial charge on any atom is 0.407 e. The van der Waals surface area contributed by atoms with Crippen LogP contribution in [0.2, 0.25) is 0 Å². The van der Waals surface area contributed by atoms with Crippen LogP contribution in [0.15, 0.2) is 36.0 Å². The third-order valence-electron chi connectivity index (χ3n) is 6.34. The highest BCUT2D eigenvalue weighted by atomic mass is 32.1. The number of nitrogens with one attached hydrogen (secondary N) is 1.